The normalized spacial score (nSPS) is 12.8. The number of benzene rings is 4. The Morgan fingerprint density at radius 1 is 0.656 bits per heavy atom. The van der Waals surface area contributed by atoms with E-state index in [1.54, 1.807) is 18.2 Å². The maximum absolute atomic E-state index is 15.2. The highest BCUT2D eigenvalue weighted by atomic mass is 19.2. The van der Waals surface area contributed by atoms with Crippen LogP contribution < -0.4 is 5.32 Å². The molecule has 0 saturated heterocycles. The van der Waals surface area contributed by atoms with Crippen molar-refractivity contribution in [1.29, 1.82) is 0 Å². The predicted molar refractivity (Wildman–Crippen MR) is 128 cm³/mol. The molecule has 2 nitrogen and oxygen atoms in total. The summed E-state index contributed by atoms with van der Waals surface area (Å²) in [5.74, 6) is 1.99. The summed E-state index contributed by atoms with van der Waals surface area (Å²) in [6.45, 7) is 1.50. The molecule has 0 fully saturated rings. The summed E-state index contributed by atoms with van der Waals surface area (Å²) in [6, 6.07) is 36.9. The summed E-state index contributed by atoms with van der Waals surface area (Å²) >= 11 is 0. The molecule has 3 heteroatoms. The number of hydrogen-bond acceptors (Lipinski definition) is 2. The fourth-order valence-corrected chi connectivity index (χ4v) is 4.10. The second kappa shape index (κ2) is 9.09. The lowest BCUT2D eigenvalue weighted by atomic mass is 9.76. The fourth-order valence-electron chi connectivity index (χ4n) is 4.10. The molecule has 0 heterocycles. The molecule has 0 aromatic heterocycles. The topological polar surface area (TPSA) is 32.3 Å². The van der Waals surface area contributed by atoms with E-state index in [1.807, 2.05) is 97.1 Å². The van der Waals surface area contributed by atoms with Crippen LogP contribution in [0.3, 0.4) is 0 Å². The third kappa shape index (κ3) is 4.01. The van der Waals surface area contributed by atoms with Gasteiger partial charge in [0.2, 0.25) is 0 Å². The van der Waals surface area contributed by atoms with Gasteiger partial charge < -0.3 is 10.4 Å². The summed E-state index contributed by atoms with van der Waals surface area (Å²) in [6.07, 6.45) is 0. The molecule has 32 heavy (non-hydrogen) atoms. The van der Waals surface area contributed by atoms with Gasteiger partial charge in [0.05, 0.1) is 5.56 Å². The molecular weight excluding hydrogens is 397 g/mol. The zero-order valence-electron chi connectivity index (χ0n) is 17.8. The summed E-state index contributed by atoms with van der Waals surface area (Å²) in [5, 5.41) is 14.1. The lowest BCUT2D eigenvalue weighted by Crippen LogP contribution is -2.39. The first-order valence-electron chi connectivity index (χ1n) is 10.5. The van der Waals surface area contributed by atoms with Gasteiger partial charge in [-0.25, -0.2) is 0 Å². The van der Waals surface area contributed by atoms with Crippen molar-refractivity contribution >= 4 is 5.69 Å². The maximum atomic E-state index is 15.2. The van der Waals surface area contributed by atoms with E-state index in [-0.39, 0.29) is 5.56 Å². The zero-order chi connectivity index (χ0) is 22.4. The van der Waals surface area contributed by atoms with Gasteiger partial charge in [0.15, 0.2) is 0 Å². The van der Waals surface area contributed by atoms with Crippen LogP contribution in [0.4, 0.5) is 10.1 Å². The predicted octanol–water partition coefficient (Wildman–Crippen LogP) is 6.23. The molecule has 0 amide bonds. The Labute approximate surface area is 188 Å². The van der Waals surface area contributed by atoms with E-state index in [9.17, 15) is 5.11 Å². The van der Waals surface area contributed by atoms with Crippen LogP contribution in [-0.4, -0.2) is 5.11 Å². The van der Waals surface area contributed by atoms with Gasteiger partial charge in [-0.15, -0.1) is 5.92 Å². The van der Waals surface area contributed by atoms with Crippen LogP contribution in [0.2, 0.25) is 0 Å². The molecule has 0 radical (unpaired) electrons. The second-order valence-electron chi connectivity index (χ2n) is 7.52. The van der Waals surface area contributed by atoms with Crippen molar-refractivity contribution in [3.05, 3.63) is 138 Å². The van der Waals surface area contributed by atoms with Crippen molar-refractivity contribution in [2.75, 3.05) is 5.32 Å². The third-order valence-corrected chi connectivity index (χ3v) is 5.52. The van der Waals surface area contributed by atoms with Crippen LogP contribution in [0.25, 0.3) is 0 Å². The smallest absolute Gasteiger partial charge is 0.298 e. The highest BCUT2D eigenvalue weighted by Gasteiger charge is 2.38. The minimum Gasteiger partial charge on any atom is -0.367 e. The Morgan fingerprint density at radius 2 is 1.06 bits per heavy atom. The zero-order valence-corrected chi connectivity index (χ0v) is 17.8. The number of hydrogen-bond donors (Lipinski definition) is 2. The van der Waals surface area contributed by atoms with Crippen molar-refractivity contribution in [3.63, 3.8) is 0 Å². The Bertz CT molecular complexity index is 1130. The lowest BCUT2D eigenvalue weighted by molar-refractivity contribution is -0.0361. The van der Waals surface area contributed by atoms with Crippen molar-refractivity contribution in [2.45, 2.75) is 18.3 Å². The summed E-state index contributed by atoms with van der Waals surface area (Å²) in [5.41, 5.74) is 2.64. The van der Waals surface area contributed by atoms with Crippen LogP contribution in [0, 0.1) is 11.8 Å². The van der Waals surface area contributed by atoms with Gasteiger partial charge in [-0.1, -0.05) is 109 Å². The summed E-state index contributed by atoms with van der Waals surface area (Å²) in [7, 11) is 0. The van der Waals surface area contributed by atoms with Gasteiger partial charge in [-0.3, -0.25) is 0 Å². The highest BCUT2D eigenvalue weighted by molar-refractivity contribution is 5.64. The van der Waals surface area contributed by atoms with Gasteiger partial charge >= 0.3 is 0 Å². The molecular formula is C29H24FNO. The molecule has 4 aromatic rings. The Kier molecular flexibility index (Phi) is 6.07. The van der Waals surface area contributed by atoms with Gasteiger partial charge in [-0.05, 0) is 35.6 Å². The molecule has 1 atom stereocenters. The molecule has 0 saturated carbocycles. The van der Waals surface area contributed by atoms with E-state index in [2.05, 4.69) is 17.2 Å². The number of anilines is 1. The second-order valence-corrected chi connectivity index (χ2v) is 7.52. The average Bonchev–Trinajstić information content (AvgIpc) is 2.84. The molecule has 2 N–H and O–H groups in total. The van der Waals surface area contributed by atoms with E-state index in [1.165, 1.54) is 6.92 Å². The average molecular weight is 422 g/mol. The number of rotatable bonds is 6. The van der Waals surface area contributed by atoms with Crippen molar-refractivity contribution < 1.29 is 9.50 Å². The Hall–Kier alpha value is -3.87. The van der Waals surface area contributed by atoms with Crippen LogP contribution >= 0.6 is 0 Å². The largest absolute Gasteiger partial charge is 0.367 e. The standard InChI is InChI=1S/C29H24FNO/c1-2-22-28(30,32)26-20-12-13-21-27(26)31-29(23-14-6-3-7-15-23,24-16-8-4-9-17-24)25-18-10-5-11-19-25/h3-21,31-32H,1H3. The van der Waals surface area contributed by atoms with E-state index in [4.69, 9.17) is 0 Å². The number of halogens is 1. The van der Waals surface area contributed by atoms with Crippen LogP contribution in [0.1, 0.15) is 29.2 Å². The van der Waals surface area contributed by atoms with Gasteiger partial charge in [-0.2, -0.15) is 4.39 Å². The van der Waals surface area contributed by atoms with E-state index >= 15 is 4.39 Å². The first-order valence-corrected chi connectivity index (χ1v) is 10.5. The molecule has 0 aliphatic rings. The molecule has 158 valence electrons. The Morgan fingerprint density at radius 3 is 1.50 bits per heavy atom. The number of aliphatic hydroxyl groups is 1. The summed E-state index contributed by atoms with van der Waals surface area (Å²) < 4.78 is 15.2. The number of para-hydroxylation sites is 1. The molecule has 4 aromatic carbocycles. The monoisotopic (exact) mass is 421 g/mol. The van der Waals surface area contributed by atoms with E-state index < -0.39 is 11.4 Å². The van der Waals surface area contributed by atoms with Crippen molar-refractivity contribution in [3.8, 4) is 11.8 Å². The van der Waals surface area contributed by atoms with E-state index in [0.717, 1.165) is 16.7 Å². The van der Waals surface area contributed by atoms with Crippen molar-refractivity contribution in [1.82, 2.24) is 0 Å². The van der Waals surface area contributed by atoms with Crippen LogP contribution in [-0.2, 0) is 11.4 Å². The fraction of sp³-hybridized carbons (Fsp3) is 0.103. The minimum atomic E-state index is -2.78. The van der Waals surface area contributed by atoms with Crippen LogP contribution in [0.5, 0.6) is 0 Å². The van der Waals surface area contributed by atoms with Crippen molar-refractivity contribution in [2.24, 2.45) is 0 Å². The van der Waals surface area contributed by atoms with Gasteiger partial charge in [0.1, 0.15) is 5.54 Å². The SMILES string of the molecule is CC#CC(O)(F)c1ccccc1NC(c1ccccc1)(c1ccccc1)c1ccccc1. The van der Waals surface area contributed by atoms with Gasteiger partial charge in [0, 0.05) is 5.69 Å². The quantitative estimate of drug-likeness (QED) is 0.286. The van der Waals surface area contributed by atoms with E-state index in [0.29, 0.717) is 5.69 Å². The number of alkyl halides is 1. The summed E-state index contributed by atoms with van der Waals surface area (Å²) in [4.78, 5) is 0. The maximum Gasteiger partial charge on any atom is 0.298 e. The molecule has 4 rings (SSSR count). The number of nitrogens with one attached hydrogen (secondary N) is 1. The lowest BCUT2D eigenvalue weighted by Gasteiger charge is -2.38. The first kappa shape index (κ1) is 21.4. The van der Waals surface area contributed by atoms with Crippen LogP contribution in [0.15, 0.2) is 115 Å². The Balaban J connectivity index is 2.02. The minimum absolute atomic E-state index is 0.0709. The molecule has 0 aliphatic heterocycles. The van der Waals surface area contributed by atoms with Gasteiger partial charge in [0.25, 0.3) is 5.85 Å². The molecule has 0 aliphatic carbocycles. The first-order chi connectivity index (χ1) is 15.6. The molecule has 0 spiro atoms. The molecule has 0 bridgehead atoms. The molecule has 1 unspecified atom stereocenters. The third-order valence-electron chi connectivity index (χ3n) is 5.52. The highest BCUT2D eigenvalue weighted by Crippen LogP contribution is 2.42.